The molecule has 2 aromatic rings. The number of carbonyl (C=O) groups excluding carboxylic acids is 2. The highest BCUT2D eigenvalue weighted by Gasteiger charge is 2.35. The summed E-state index contributed by atoms with van der Waals surface area (Å²) in [7, 11) is 1.58. The average molecular weight is 353 g/mol. The summed E-state index contributed by atoms with van der Waals surface area (Å²) in [5.74, 6) is 0.0215. The number of methoxy groups -OCH3 is 1. The fourth-order valence-electron chi connectivity index (χ4n) is 3.81. The first kappa shape index (κ1) is 15.6. The van der Waals surface area contributed by atoms with E-state index in [-0.39, 0.29) is 11.8 Å². The van der Waals surface area contributed by atoms with E-state index in [2.05, 4.69) is 0 Å². The summed E-state index contributed by atoms with van der Waals surface area (Å²) in [6, 6.07) is 22.5. The number of imide groups is 1. The van der Waals surface area contributed by atoms with Crippen molar-refractivity contribution < 1.29 is 14.3 Å². The van der Waals surface area contributed by atoms with Crippen molar-refractivity contribution in [2.24, 2.45) is 0 Å². The maximum Gasteiger partial charge on any atom is 0.265 e. The molecule has 27 heavy (non-hydrogen) atoms. The number of rotatable bonds is 2. The first-order valence-corrected chi connectivity index (χ1v) is 8.66. The molecule has 1 heterocycles. The highest BCUT2D eigenvalue weighted by molar-refractivity contribution is 6.36. The van der Waals surface area contributed by atoms with Gasteiger partial charge in [-0.2, -0.15) is 0 Å². The molecule has 0 unspecified atom stereocenters. The third-order valence-corrected chi connectivity index (χ3v) is 5.06. The molecular formula is C23H15NO3. The van der Waals surface area contributed by atoms with Crippen molar-refractivity contribution in [3.63, 3.8) is 0 Å². The van der Waals surface area contributed by atoms with Gasteiger partial charge in [-0.1, -0.05) is 42.5 Å². The first-order valence-electron chi connectivity index (χ1n) is 8.66. The van der Waals surface area contributed by atoms with Crippen molar-refractivity contribution in [3.8, 4) is 16.9 Å². The molecule has 0 atom stereocenters. The molecule has 130 valence electrons. The Morgan fingerprint density at radius 1 is 0.741 bits per heavy atom. The van der Waals surface area contributed by atoms with Gasteiger partial charge in [-0.3, -0.25) is 9.59 Å². The lowest BCUT2D eigenvalue weighted by atomic mass is 9.93. The van der Waals surface area contributed by atoms with Gasteiger partial charge < -0.3 is 4.74 Å². The van der Waals surface area contributed by atoms with Crippen molar-refractivity contribution >= 4 is 28.3 Å². The molecule has 0 saturated carbocycles. The van der Waals surface area contributed by atoms with Crippen LogP contribution in [0.4, 0.5) is 5.69 Å². The summed E-state index contributed by atoms with van der Waals surface area (Å²) in [6.45, 7) is 0. The Hall–Kier alpha value is -3.66. The lowest BCUT2D eigenvalue weighted by Crippen LogP contribution is -2.40. The van der Waals surface area contributed by atoms with Gasteiger partial charge in [-0.15, -0.1) is 0 Å². The maximum absolute atomic E-state index is 13.2. The van der Waals surface area contributed by atoms with Gasteiger partial charge in [0, 0.05) is 21.9 Å². The van der Waals surface area contributed by atoms with Gasteiger partial charge in [0.15, 0.2) is 0 Å². The Morgan fingerprint density at radius 2 is 1.41 bits per heavy atom. The Labute approximate surface area is 155 Å². The molecule has 0 spiro atoms. The van der Waals surface area contributed by atoms with Crippen LogP contribution in [0.15, 0.2) is 72.8 Å². The summed E-state index contributed by atoms with van der Waals surface area (Å²) in [5.41, 5.74) is 3.57. The zero-order valence-electron chi connectivity index (χ0n) is 14.6. The standard InChI is InChI=1S/C23H15NO3/c1-27-20-11-10-19-21-17(20)8-5-9-18(21)22(25)24(23(19)26)16-12-14-6-3-2-4-7-15(14)13-16/h2-13H,1H3. The van der Waals surface area contributed by atoms with E-state index in [4.69, 9.17) is 4.74 Å². The van der Waals surface area contributed by atoms with Crippen molar-refractivity contribution in [3.05, 3.63) is 83.9 Å². The van der Waals surface area contributed by atoms with Crippen molar-refractivity contribution in [1.29, 1.82) is 0 Å². The Kier molecular flexibility index (Phi) is 3.28. The molecule has 0 aromatic heterocycles. The van der Waals surface area contributed by atoms with Gasteiger partial charge in [-0.25, -0.2) is 4.90 Å². The second kappa shape index (κ2) is 5.68. The molecule has 3 aliphatic rings. The largest absolute Gasteiger partial charge is 0.496 e. The van der Waals surface area contributed by atoms with Crippen LogP contribution in [-0.2, 0) is 0 Å². The number of fused-ring (bicyclic) bond motifs is 1. The summed E-state index contributed by atoms with van der Waals surface area (Å²) >= 11 is 0. The average Bonchev–Trinajstić information content (AvgIpc) is 2.95. The van der Waals surface area contributed by atoms with Crippen LogP contribution in [0.2, 0.25) is 0 Å². The van der Waals surface area contributed by atoms with E-state index in [0.717, 1.165) is 16.5 Å². The fourth-order valence-corrected chi connectivity index (χ4v) is 3.81. The predicted molar refractivity (Wildman–Crippen MR) is 105 cm³/mol. The van der Waals surface area contributed by atoms with Gasteiger partial charge in [-0.05, 0) is 41.5 Å². The van der Waals surface area contributed by atoms with Gasteiger partial charge in [0.1, 0.15) is 5.75 Å². The normalized spacial score (nSPS) is 13.4. The zero-order chi connectivity index (χ0) is 18.5. The molecule has 0 saturated heterocycles. The smallest absolute Gasteiger partial charge is 0.265 e. The van der Waals surface area contributed by atoms with Crippen LogP contribution in [0, 0.1) is 0 Å². The minimum Gasteiger partial charge on any atom is -0.496 e. The van der Waals surface area contributed by atoms with Crippen LogP contribution in [0.5, 0.6) is 5.75 Å². The molecular weight excluding hydrogens is 338 g/mol. The minimum absolute atomic E-state index is 0.314. The van der Waals surface area contributed by atoms with E-state index in [1.807, 2.05) is 54.6 Å². The number of ether oxygens (including phenoxy) is 1. The fraction of sp³-hybridized carbons (Fsp3) is 0.0435. The van der Waals surface area contributed by atoms with Crippen LogP contribution in [-0.4, -0.2) is 18.9 Å². The van der Waals surface area contributed by atoms with Crippen molar-refractivity contribution in [2.45, 2.75) is 0 Å². The van der Waals surface area contributed by atoms with Gasteiger partial charge in [0.2, 0.25) is 0 Å². The third kappa shape index (κ3) is 2.16. The molecule has 2 aliphatic carbocycles. The van der Waals surface area contributed by atoms with Gasteiger partial charge >= 0.3 is 0 Å². The SMILES string of the molecule is COc1ccc2c3c(cccc13)C(=O)N(c1cc3cccccc-3c1)C2=O. The maximum atomic E-state index is 13.2. The van der Waals surface area contributed by atoms with Crippen LogP contribution in [0.25, 0.3) is 21.9 Å². The van der Waals surface area contributed by atoms with E-state index in [1.165, 1.54) is 4.90 Å². The topological polar surface area (TPSA) is 46.6 Å². The van der Waals surface area contributed by atoms with E-state index in [9.17, 15) is 9.59 Å². The van der Waals surface area contributed by atoms with Crippen molar-refractivity contribution in [1.82, 2.24) is 0 Å². The quantitative estimate of drug-likeness (QED) is 0.488. The lowest BCUT2D eigenvalue weighted by Gasteiger charge is -2.27. The molecule has 0 bridgehead atoms. The monoisotopic (exact) mass is 353 g/mol. The highest BCUT2D eigenvalue weighted by atomic mass is 16.5. The summed E-state index contributed by atoms with van der Waals surface area (Å²) in [6.07, 6.45) is 0. The van der Waals surface area contributed by atoms with E-state index in [0.29, 0.717) is 28.0 Å². The first-order chi connectivity index (χ1) is 13.2. The molecule has 4 heteroatoms. The zero-order valence-corrected chi connectivity index (χ0v) is 14.6. The van der Waals surface area contributed by atoms with Crippen LogP contribution < -0.4 is 9.64 Å². The van der Waals surface area contributed by atoms with Gasteiger partial charge in [0.25, 0.3) is 11.8 Å². The lowest BCUT2D eigenvalue weighted by molar-refractivity contribution is 0.0893. The van der Waals surface area contributed by atoms with Crippen LogP contribution in [0.1, 0.15) is 20.7 Å². The Morgan fingerprint density at radius 3 is 2.07 bits per heavy atom. The molecule has 0 fully saturated rings. The van der Waals surface area contributed by atoms with E-state index < -0.39 is 0 Å². The summed E-state index contributed by atoms with van der Waals surface area (Å²) in [5, 5.41) is 1.43. The molecule has 2 aromatic carbocycles. The number of anilines is 1. The molecule has 4 nitrogen and oxygen atoms in total. The number of nitrogens with zero attached hydrogens (tertiary/aromatic N) is 1. The predicted octanol–water partition coefficient (Wildman–Crippen LogP) is 4.75. The van der Waals surface area contributed by atoms with Crippen LogP contribution in [0.3, 0.4) is 0 Å². The molecule has 5 rings (SSSR count). The van der Waals surface area contributed by atoms with E-state index >= 15 is 0 Å². The Balaban J connectivity index is 1.74. The number of amides is 2. The number of hydrogen-bond donors (Lipinski definition) is 0. The number of carbonyl (C=O) groups is 2. The summed E-state index contributed by atoms with van der Waals surface area (Å²) in [4.78, 5) is 27.7. The molecule has 2 amide bonds. The highest BCUT2D eigenvalue weighted by Crippen LogP contribution is 2.39. The van der Waals surface area contributed by atoms with Crippen LogP contribution >= 0.6 is 0 Å². The van der Waals surface area contributed by atoms with Crippen molar-refractivity contribution in [2.75, 3.05) is 12.0 Å². The molecule has 0 N–H and O–H groups in total. The third-order valence-electron chi connectivity index (χ3n) is 5.06. The van der Waals surface area contributed by atoms with E-state index in [1.54, 1.807) is 25.3 Å². The molecule has 1 aliphatic heterocycles. The Bertz CT molecular complexity index is 1160. The second-order valence-corrected chi connectivity index (χ2v) is 6.52. The number of benzene rings is 2. The minimum atomic E-state index is -0.314. The van der Waals surface area contributed by atoms with Gasteiger partial charge in [0.05, 0.1) is 12.8 Å². The second-order valence-electron chi connectivity index (χ2n) is 6.52. The summed E-state index contributed by atoms with van der Waals surface area (Å²) < 4.78 is 5.40. The molecule has 0 radical (unpaired) electrons. The number of hydrogen-bond acceptors (Lipinski definition) is 3.